The second-order valence-corrected chi connectivity index (χ2v) is 5.06. The van der Waals surface area contributed by atoms with E-state index >= 15 is 0 Å². The van der Waals surface area contributed by atoms with E-state index < -0.39 is 17.8 Å². The monoisotopic (exact) mass is 252 g/mol. The van der Waals surface area contributed by atoms with E-state index in [0.29, 0.717) is 5.56 Å². The average molecular weight is 252 g/mol. The molecule has 98 valence electrons. The fourth-order valence-corrected chi connectivity index (χ4v) is 2.08. The predicted molar refractivity (Wildman–Crippen MR) is 63.8 cm³/mol. The number of carbonyl (C=O) groups is 1. The van der Waals surface area contributed by atoms with Crippen molar-refractivity contribution in [2.45, 2.75) is 38.6 Å². The average Bonchev–Trinajstić information content (AvgIpc) is 2.24. The van der Waals surface area contributed by atoms with Crippen molar-refractivity contribution in [3.8, 4) is 11.5 Å². The zero-order valence-corrected chi connectivity index (χ0v) is 10.5. The van der Waals surface area contributed by atoms with Crippen LogP contribution in [0.2, 0.25) is 0 Å². The third-order valence-electron chi connectivity index (χ3n) is 3.21. The number of aliphatic hydroxyl groups is 2. The number of rotatable bonds is 1. The molecular weight excluding hydrogens is 236 g/mol. The highest BCUT2D eigenvalue weighted by molar-refractivity contribution is 5.97. The topological polar surface area (TPSA) is 87.0 Å². The first-order chi connectivity index (χ1) is 8.24. The molecule has 1 aromatic carbocycles. The van der Waals surface area contributed by atoms with E-state index in [9.17, 15) is 20.1 Å². The molecule has 1 aliphatic rings. The van der Waals surface area contributed by atoms with E-state index in [-0.39, 0.29) is 22.8 Å². The Labute approximate surface area is 105 Å². The van der Waals surface area contributed by atoms with Crippen LogP contribution in [0.3, 0.4) is 0 Å². The molecule has 1 heterocycles. The molecule has 5 heteroatoms. The van der Waals surface area contributed by atoms with Gasteiger partial charge in [0.2, 0.25) is 0 Å². The van der Waals surface area contributed by atoms with Gasteiger partial charge >= 0.3 is 0 Å². The van der Waals surface area contributed by atoms with Crippen LogP contribution in [-0.2, 0) is 0 Å². The Bertz CT molecular complexity index is 506. The number of phenols is 1. The van der Waals surface area contributed by atoms with Crippen molar-refractivity contribution in [3.63, 3.8) is 0 Å². The number of ketones is 1. The number of Topliss-reactive ketones (excluding diaryl/α,β-unsaturated/α-hetero) is 1. The van der Waals surface area contributed by atoms with Crippen molar-refractivity contribution in [2.24, 2.45) is 0 Å². The summed E-state index contributed by atoms with van der Waals surface area (Å²) in [4.78, 5) is 11.3. The van der Waals surface area contributed by atoms with Crippen LogP contribution in [0, 0.1) is 0 Å². The Morgan fingerprint density at radius 1 is 1.33 bits per heavy atom. The van der Waals surface area contributed by atoms with Crippen molar-refractivity contribution >= 4 is 5.78 Å². The van der Waals surface area contributed by atoms with E-state index in [1.54, 1.807) is 13.8 Å². The number of hydrogen-bond donors (Lipinski definition) is 3. The number of ether oxygens (including phenoxy) is 1. The minimum Gasteiger partial charge on any atom is -0.507 e. The molecular formula is C13H16O5. The highest BCUT2D eigenvalue weighted by atomic mass is 16.5. The van der Waals surface area contributed by atoms with Crippen LogP contribution in [0.5, 0.6) is 11.5 Å². The zero-order chi connectivity index (χ0) is 13.7. The highest BCUT2D eigenvalue weighted by Crippen LogP contribution is 2.42. The van der Waals surface area contributed by atoms with Gasteiger partial charge in [0.15, 0.2) is 5.78 Å². The van der Waals surface area contributed by atoms with Gasteiger partial charge in [-0.2, -0.15) is 0 Å². The lowest BCUT2D eigenvalue weighted by atomic mass is 9.87. The normalized spacial score (nSPS) is 25.2. The second kappa shape index (κ2) is 3.96. The molecule has 2 atom stereocenters. The van der Waals surface area contributed by atoms with Crippen molar-refractivity contribution < 1.29 is 24.9 Å². The Hall–Kier alpha value is -1.59. The molecule has 0 fully saturated rings. The summed E-state index contributed by atoms with van der Waals surface area (Å²) in [5.41, 5.74) is -0.551. The van der Waals surface area contributed by atoms with Gasteiger partial charge in [-0.15, -0.1) is 0 Å². The van der Waals surface area contributed by atoms with Crippen molar-refractivity contribution in [2.75, 3.05) is 0 Å². The largest absolute Gasteiger partial charge is 0.507 e. The third kappa shape index (κ3) is 1.85. The van der Waals surface area contributed by atoms with Gasteiger partial charge in [0.25, 0.3) is 0 Å². The number of benzene rings is 1. The van der Waals surface area contributed by atoms with Crippen molar-refractivity contribution in [1.29, 1.82) is 0 Å². The molecule has 3 N–H and O–H groups in total. The Morgan fingerprint density at radius 2 is 1.94 bits per heavy atom. The van der Waals surface area contributed by atoms with Gasteiger partial charge in [-0.25, -0.2) is 0 Å². The van der Waals surface area contributed by atoms with Crippen LogP contribution in [0.1, 0.15) is 42.8 Å². The van der Waals surface area contributed by atoms with Gasteiger partial charge in [0.1, 0.15) is 29.3 Å². The summed E-state index contributed by atoms with van der Waals surface area (Å²) in [7, 11) is 0. The second-order valence-electron chi connectivity index (χ2n) is 5.06. The summed E-state index contributed by atoms with van der Waals surface area (Å²) in [6.07, 6.45) is -2.25. The molecule has 5 nitrogen and oxygen atoms in total. The van der Waals surface area contributed by atoms with Crippen LogP contribution in [-0.4, -0.2) is 32.8 Å². The fourth-order valence-electron chi connectivity index (χ4n) is 2.08. The molecule has 1 aliphatic heterocycles. The number of aromatic hydroxyl groups is 1. The molecule has 0 amide bonds. The van der Waals surface area contributed by atoms with E-state index in [1.165, 1.54) is 19.1 Å². The lowest BCUT2D eigenvalue weighted by molar-refractivity contribution is -0.111. The van der Waals surface area contributed by atoms with Crippen molar-refractivity contribution in [3.05, 3.63) is 23.3 Å². The lowest BCUT2D eigenvalue weighted by Crippen LogP contribution is -2.48. The van der Waals surface area contributed by atoms with Gasteiger partial charge in [0.05, 0.1) is 5.56 Å². The van der Waals surface area contributed by atoms with E-state index in [2.05, 4.69) is 0 Å². The maximum atomic E-state index is 11.3. The van der Waals surface area contributed by atoms with Crippen LogP contribution in [0.25, 0.3) is 0 Å². The smallest absolute Gasteiger partial charge is 0.163 e. The summed E-state index contributed by atoms with van der Waals surface area (Å²) < 4.78 is 5.54. The summed E-state index contributed by atoms with van der Waals surface area (Å²) in [5.74, 6) is -0.234. The molecule has 0 aromatic heterocycles. The summed E-state index contributed by atoms with van der Waals surface area (Å²) >= 11 is 0. The summed E-state index contributed by atoms with van der Waals surface area (Å²) in [6, 6.07) is 2.65. The first-order valence-electron chi connectivity index (χ1n) is 5.67. The molecule has 0 bridgehead atoms. The van der Waals surface area contributed by atoms with Crippen molar-refractivity contribution in [1.82, 2.24) is 0 Å². The molecule has 0 aliphatic carbocycles. The quantitative estimate of drug-likeness (QED) is 0.653. The van der Waals surface area contributed by atoms with Crippen LogP contribution in [0.15, 0.2) is 12.1 Å². The molecule has 18 heavy (non-hydrogen) atoms. The molecule has 0 saturated carbocycles. The maximum Gasteiger partial charge on any atom is 0.163 e. The Kier molecular flexibility index (Phi) is 2.83. The molecule has 0 saturated heterocycles. The van der Waals surface area contributed by atoms with Gasteiger partial charge in [-0.05, 0) is 26.8 Å². The minimum absolute atomic E-state index is 0.100. The van der Waals surface area contributed by atoms with Gasteiger partial charge in [0, 0.05) is 11.6 Å². The van der Waals surface area contributed by atoms with Gasteiger partial charge < -0.3 is 20.1 Å². The van der Waals surface area contributed by atoms with Crippen LogP contribution >= 0.6 is 0 Å². The summed E-state index contributed by atoms with van der Waals surface area (Å²) in [6.45, 7) is 4.59. The first-order valence-corrected chi connectivity index (χ1v) is 5.67. The number of aliphatic hydroxyl groups excluding tert-OH is 2. The van der Waals surface area contributed by atoms with Crippen LogP contribution < -0.4 is 4.74 Å². The number of phenolic OH excluding ortho intramolecular Hbond substituents is 1. The molecule has 2 rings (SSSR count). The highest BCUT2D eigenvalue weighted by Gasteiger charge is 2.42. The van der Waals surface area contributed by atoms with Gasteiger partial charge in [-0.3, -0.25) is 4.79 Å². The summed E-state index contributed by atoms with van der Waals surface area (Å²) in [5, 5.41) is 29.7. The fraction of sp³-hybridized carbons (Fsp3) is 0.462. The molecule has 1 aromatic rings. The van der Waals surface area contributed by atoms with E-state index in [4.69, 9.17) is 4.74 Å². The Morgan fingerprint density at radius 3 is 2.50 bits per heavy atom. The van der Waals surface area contributed by atoms with Crippen LogP contribution in [0.4, 0.5) is 0 Å². The lowest BCUT2D eigenvalue weighted by Gasteiger charge is -2.40. The SMILES string of the molecule is CC(=O)c1cc2c(cc1O)OC(C)(C)[C@@H](O)[C@H]2O. The molecule has 0 radical (unpaired) electrons. The molecule has 0 unspecified atom stereocenters. The molecule has 0 spiro atoms. The zero-order valence-electron chi connectivity index (χ0n) is 10.5. The Balaban J connectivity index is 2.58. The van der Waals surface area contributed by atoms with E-state index in [1.807, 2.05) is 0 Å². The number of carbonyl (C=O) groups excluding carboxylic acids is 1. The number of fused-ring (bicyclic) bond motifs is 1. The number of hydrogen-bond acceptors (Lipinski definition) is 5. The first kappa shape index (κ1) is 12.9. The third-order valence-corrected chi connectivity index (χ3v) is 3.21. The predicted octanol–water partition coefficient (Wildman–Crippen LogP) is 1.16. The maximum absolute atomic E-state index is 11.3. The van der Waals surface area contributed by atoms with E-state index in [0.717, 1.165) is 0 Å². The minimum atomic E-state index is -1.15. The standard InChI is InChI=1S/C13H16O5/c1-6(14)7-4-8-10(5-9(7)15)18-13(2,3)12(17)11(8)16/h4-5,11-12,15-17H,1-3H3/t11-,12-/m0/s1. The van der Waals surface area contributed by atoms with Gasteiger partial charge in [-0.1, -0.05) is 0 Å².